The summed E-state index contributed by atoms with van der Waals surface area (Å²) in [5, 5.41) is 14.9. The van der Waals surface area contributed by atoms with Gasteiger partial charge in [-0.1, -0.05) is 18.0 Å². The maximum absolute atomic E-state index is 12.2. The maximum Gasteiger partial charge on any atom is 0.252 e. The molecule has 1 heterocycles. The van der Waals surface area contributed by atoms with Crippen molar-refractivity contribution in [2.45, 2.75) is 38.1 Å². The SMILES string of the molecule is Cc1cc(C(=O)NC2(/C(N)=N/O)CCCC2)ccn1. The molecule has 0 aromatic carbocycles. The van der Waals surface area contributed by atoms with Crippen molar-refractivity contribution in [1.82, 2.24) is 10.3 Å². The molecule has 1 aromatic rings. The van der Waals surface area contributed by atoms with Gasteiger partial charge in [0.1, 0.15) is 5.54 Å². The van der Waals surface area contributed by atoms with Gasteiger partial charge in [0.25, 0.3) is 5.91 Å². The van der Waals surface area contributed by atoms with E-state index in [2.05, 4.69) is 15.5 Å². The van der Waals surface area contributed by atoms with Crippen LogP contribution in [0.1, 0.15) is 41.7 Å². The van der Waals surface area contributed by atoms with Gasteiger partial charge in [0.2, 0.25) is 0 Å². The van der Waals surface area contributed by atoms with Crippen LogP contribution in [0.25, 0.3) is 0 Å². The molecule has 4 N–H and O–H groups in total. The summed E-state index contributed by atoms with van der Waals surface area (Å²) >= 11 is 0. The Morgan fingerprint density at radius 3 is 2.79 bits per heavy atom. The summed E-state index contributed by atoms with van der Waals surface area (Å²) in [6.07, 6.45) is 4.88. The van der Waals surface area contributed by atoms with E-state index in [9.17, 15) is 4.79 Å². The zero-order chi connectivity index (χ0) is 13.9. The van der Waals surface area contributed by atoms with E-state index in [4.69, 9.17) is 10.9 Å². The Labute approximate surface area is 111 Å². The number of amides is 1. The van der Waals surface area contributed by atoms with Gasteiger partial charge in [-0.15, -0.1) is 0 Å². The number of oxime groups is 1. The Morgan fingerprint density at radius 2 is 2.21 bits per heavy atom. The molecule has 2 rings (SSSR count). The van der Waals surface area contributed by atoms with E-state index >= 15 is 0 Å². The summed E-state index contributed by atoms with van der Waals surface area (Å²) in [5.41, 5.74) is 6.33. The first-order valence-corrected chi connectivity index (χ1v) is 6.30. The Hall–Kier alpha value is -2.11. The van der Waals surface area contributed by atoms with Crippen molar-refractivity contribution in [1.29, 1.82) is 0 Å². The molecular formula is C13H18N4O2. The third-order valence-electron chi connectivity index (χ3n) is 3.57. The van der Waals surface area contributed by atoms with Crippen molar-refractivity contribution in [3.05, 3.63) is 29.6 Å². The zero-order valence-corrected chi connectivity index (χ0v) is 10.9. The van der Waals surface area contributed by atoms with Gasteiger partial charge in [0.15, 0.2) is 5.84 Å². The van der Waals surface area contributed by atoms with E-state index in [1.807, 2.05) is 6.92 Å². The van der Waals surface area contributed by atoms with E-state index in [0.717, 1.165) is 18.5 Å². The minimum absolute atomic E-state index is 0.0733. The highest BCUT2D eigenvalue weighted by Gasteiger charge is 2.39. The first-order chi connectivity index (χ1) is 9.07. The molecule has 1 aliphatic carbocycles. The van der Waals surface area contributed by atoms with Crippen molar-refractivity contribution in [2.24, 2.45) is 10.9 Å². The molecule has 0 spiro atoms. The maximum atomic E-state index is 12.2. The largest absolute Gasteiger partial charge is 0.409 e. The lowest BCUT2D eigenvalue weighted by Crippen LogP contribution is -2.55. The average Bonchev–Trinajstić information content (AvgIpc) is 2.87. The van der Waals surface area contributed by atoms with Crippen molar-refractivity contribution >= 4 is 11.7 Å². The van der Waals surface area contributed by atoms with Crippen LogP contribution in [0.3, 0.4) is 0 Å². The quantitative estimate of drug-likeness (QED) is 0.329. The lowest BCUT2D eigenvalue weighted by Gasteiger charge is -2.28. The van der Waals surface area contributed by atoms with E-state index < -0.39 is 5.54 Å². The summed E-state index contributed by atoms with van der Waals surface area (Å²) in [4.78, 5) is 16.3. The molecule has 1 aromatic heterocycles. The molecule has 1 aliphatic rings. The van der Waals surface area contributed by atoms with Crippen LogP contribution < -0.4 is 11.1 Å². The second-order valence-corrected chi connectivity index (χ2v) is 4.91. The van der Waals surface area contributed by atoms with Crippen LogP contribution in [0.15, 0.2) is 23.5 Å². The Balaban J connectivity index is 2.21. The van der Waals surface area contributed by atoms with Crippen LogP contribution >= 0.6 is 0 Å². The first kappa shape index (κ1) is 13.3. The Kier molecular flexibility index (Phi) is 3.69. The monoisotopic (exact) mass is 262 g/mol. The molecule has 19 heavy (non-hydrogen) atoms. The molecule has 1 fully saturated rings. The highest BCUT2D eigenvalue weighted by atomic mass is 16.4. The standard InChI is InChI=1S/C13H18N4O2/c1-9-8-10(4-7-15-9)11(18)16-13(12(14)17-19)5-2-3-6-13/h4,7-8,19H,2-3,5-6H2,1H3,(H2,14,17)(H,16,18). The molecule has 0 radical (unpaired) electrons. The van der Waals surface area contributed by atoms with Gasteiger partial charge in [-0.05, 0) is 31.9 Å². The summed E-state index contributed by atoms with van der Waals surface area (Å²) in [6.45, 7) is 1.83. The highest BCUT2D eigenvalue weighted by Crippen LogP contribution is 2.30. The number of pyridine rings is 1. The summed E-state index contributed by atoms with van der Waals surface area (Å²) in [5.74, 6) is -0.150. The number of amidine groups is 1. The third-order valence-corrected chi connectivity index (χ3v) is 3.57. The van der Waals surface area contributed by atoms with Crippen molar-refractivity contribution in [2.75, 3.05) is 0 Å². The Bertz CT molecular complexity index is 507. The molecule has 0 atom stereocenters. The predicted octanol–water partition coefficient (Wildman–Crippen LogP) is 1.18. The van der Waals surface area contributed by atoms with Crippen LogP contribution in [-0.4, -0.2) is 27.5 Å². The molecule has 6 heteroatoms. The number of aromatic nitrogens is 1. The second kappa shape index (κ2) is 5.26. The highest BCUT2D eigenvalue weighted by molar-refractivity contribution is 6.00. The number of aryl methyl sites for hydroxylation is 1. The lowest BCUT2D eigenvalue weighted by molar-refractivity contribution is 0.0922. The molecule has 0 unspecified atom stereocenters. The van der Waals surface area contributed by atoms with Crippen molar-refractivity contribution < 1.29 is 10.0 Å². The van der Waals surface area contributed by atoms with Gasteiger partial charge in [0.05, 0.1) is 0 Å². The van der Waals surface area contributed by atoms with E-state index in [-0.39, 0.29) is 11.7 Å². The molecular weight excluding hydrogens is 244 g/mol. The van der Waals surface area contributed by atoms with Gasteiger partial charge in [-0.25, -0.2) is 0 Å². The number of carbonyl (C=O) groups excluding carboxylic acids is 1. The van der Waals surface area contributed by atoms with Crippen LogP contribution in [0.4, 0.5) is 0 Å². The summed E-state index contributed by atoms with van der Waals surface area (Å²) in [6, 6.07) is 3.36. The van der Waals surface area contributed by atoms with Gasteiger partial charge in [0, 0.05) is 17.5 Å². The smallest absolute Gasteiger partial charge is 0.252 e. The van der Waals surface area contributed by atoms with Crippen molar-refractivity contribution in [3.63, 3.8) is 0 Å². The van der Waals surface area contributed by atoms with Crippen LogP contribution in [0.5, 0.6) is 0 Å². The fourth-order valence-electron chi connectivity index (χ4n) is 2.50. The molecule has 0 aliphatic heterocycles. The predicted molar refractivity (Wildman–Crippen MR) is 71.0 cm³/mol. The number of hydrogen-bond acceptors (Lipinski definition) is 4. The fraction of sp³-hybridized carbons (Fsp3) is 0.462. The molecule has 1 amide bonds. The van der Waals surface area contributed by atoms with Gasteiger partial charge >= 0.3 is 0 Å². The molecule has 102 valence electrons. The molecule has 0 bridgehead atoms. The lowest BCUT2D eigenvalue weighted by atomic mass is 9.95. The number of carbonyl (C=O) groups is 1. The number of nitrogens with two attached hydrogens (primary N) is 1. The van der Waals surface area contributed by atoms with Crippen LogP contribution in [-0.2, 0) is 0 Å². The number of nitrogens with zero attached hydrogens (tertiary/aromatic N) is 2. The molecule has 1 saturated carbocycles. The summed E-state index contributed by atoms with van der Waals surface area (Å²) < 4.78 is 0. The number of rotatable bonds is 3. The van der Waals surface area contributed by atoms with Gasteiger partial charge in [-0.2, -0.15) is 0 Å². The van der Waals surface area contributed by atoms with Gasteiger partial charge < -0.3 is 16.3 Å². The minimum atomic E-state index is -0.719. The second-order valence-electron chi connectivity index (χ2n) is 4.91. The fourth-order valence-corrected chi connectivity index (χ4v) is 2.50. The third kappa shape index (κ3) is 2.67. The van der Waals surface area contributed by atoms with Gasteiger partial charge in [-0.3, -0.25) is 9.78 Å². The van der Waals surface area contributed by atoms with E-state index in [0.29, 0.717) is 18.4 Å². The first-order valence-electron chi connectivity index (χ1n) is 6.30. The topological polar surface area (TPSA) is 101 Å². The van der Waals surface area contributed by atoms with Crippen molar-refractivity contribution in [3.8, 4) is 0 Å². The minimum Gasteiger partial charge on any atom is -0.409 e. The Morgan fingerprint density at radius 1 is 1.53 bits per heavy atom. The zero-order valence-electron chi connectivity index (χ0n) is 10.9. The molecule has 6 nitrogen and oxygen atoms in total. The number of hydrogen-bond donors (Lipinski definition) is 3. The summed E-state index contributed by atoms with van der Waals surface area (Å²) in [7, 11) is 0. The van der Waals surface area contributed by atoms with E-state index in [1.165, 1.54) is 0 Å². The van der Waals surface area contributed by atoms with Crippen LogP contribution in [0.2, 0.25) is 0 Å². The normalized spacial score (nSPS) is 18.3. The van der Waals surface area contributed by atoms with Crippen LogP contribution in [0, 0.1) is 6.92 Å². The number of nitrogens with one attached hydrogen (secondary N) is 1. The molecule has 0 saturated heterocycles. The van der Waals surface area contributed by atoms with E-state index in [1.54, 1.807) is 18.3 Å². The average molecular weight is 262 g/mol.